The Bertz CT molecular complexity index is 853. The molecule has 3 nitrogen and oxygen atoms in total. The molecule has 114 valence electrons. The SMILES string of the molecule is N#CC1c2ccc(Cl)c(Cl)c2C(=O)N1C1(c2ccccc2)CC1. The van der Waals surface area contributed by atoms with E-state index in [0.717, 1.165) is 18.4 Å². The van der Waals surface area contributed by atoms with E-state index in [1.165, 1.54) is 0 Å². The van der Waals surface area contributed by atoms with Crippen molar-refractivity contribution in [3.8, 4) is 6.07 Å². The molecule has 2 aromatic rings. The van der Waals surface area contributed by atoms with Gasteiger partial charge in [-0.25, -0.2) is 0 Å². The van der Waals surface area contributed by atoms with Gasteiger partial charge in [-0.2, -0.15) is 5.26 Å². The first-order valence-electron chi connectivity index (χ1n) is 7.37. The van der Waals surface area contributed by atoms with Gasteiger partial charge in [-0.05, 0) is 24.5 Å². The number of hydrogen-bond donors (Lipinski definition) is 0. The third kappa shape index (κ3) is 1.92. The second-order valence-electron chi connectivity index (χ2n) is 5.93. The van der Waals surface area contributed by atoms with Gasteiger partial charge >= 0.3 is 0 Å². The van der Waals surface area contributed by atoms with Crippen LogP contribution in [0.15, 0.2) is 42.5 Å². The first-order valence-corrected chi connectivity index (χ1v) is 8.12. The van der Waals surface area contributed by atoms with Crippen molar-refractivity contribution < 1.29 is 4.79 Å². The number of nitrogens with zero attached hydrogens (tertiary/aromatic N) is 2. The highest BCUT2D eigenvalue weighted by Crippen LogP contribution is 2.57. The third-order valence-electron chi connectivity index (χ3n) is 4.73. The quantitative estimate of drug-likeness (QED) is 0.793. The Labute approximate surface area is 144 Å². The number of carbonyl (C=O) groups is 1. The highest BCUT2D eigenvalue weighted by Gasteiger charge is 2.57. The Morgan fingerprint density at radius 3 is 2.43 bits per heavy atom. The van der Waals surface area contributed by atoms with Crippen LogP contribution in [0.2, 0.25) is 10.0 Å². The molecule has 2 aliphatic rings. The topological polar surface area (TPSA) is 44.1 Å². The van der Waals surface area contributed by atoms with Crippen LogP contribution in [0, 0.1) is 11.3 Å². The number of benzene rings is 2. The molecule has 0 saturated heterocycles. The highest BCUT2D eigenvalue weighted by molar-refractivity contribution is 6.44. The normalized spacial score (nSPS) is 21.0. The largest absolute Gasteiger partial charge is 0.309 e. The summed E-state index contributed by atoms with van der Waals surface area (Å²) in [4.78, 5) is 14.7. The lowest BCUT2D eigenvalue weighted by Crippen LogP contribution is -2.38. The number of nitriles is 1. The molecule has 1 saturated carbocycles. The molecule has 23 heavy (non-hydrogen) atoms. The van der Waals surface area contributed by atoms with E-state index in [1.54, 1.807) is 17.0 Å². The Kier molecular flexibility index (Phi) is 3.16. The molecule has 4 rings (SSSR count). The molecule has 1 unspecified atom stereocenters. The van der Waals surface area contributed by atoms with Crippen LogP contribution in [0.4, 0.5) is 0 Å². The van der Waals surface area contributed by atoms with Crippen LogP contribution in [-0.4, -0.2) is 10.8 Å². The van der Waals surface area contributed by atoms with E-state index < -0.39 is 11.6 Å². The molecule has 1 atom stereocenters. The summed E-state index contributed by atoms with van der Waals surface area (Å²) in [6, 6.07) is 14.9. The zero-order valence-electron chi connectivity index (χ0n) is 12.1. The molecule has 2 aromatic carbocycles. The number of halogens is 2. The van der Waals surface area contributed by atoms with Crippen molar-refractivity contribution in [2.24, 2.45) is 0 Å². The fourth-order valence-electron chi connectivity index (χ4n) is 3.49. The summed E-state index contributed by atoms with van der Waals surface area (Å²) in [6.07, 6.45) is 1.69. The smallest absolute Gasteiger partial charge is 0.257 e. The second kappa shape index (κ2) is 4.99. The number of fused-ring (bicyclic) bond motifs is 1. The molecule has 1 amide bonds. The lowest BCUT2D eigenvalue weighted by Gasteiger charge is -2.31. The molecule has 1 heterocycles. The van der Waals surface area contributed by atoms with E-state index >= 15 is 0 Å². The minimum Gasteiger partial charge on any atom is -0.309 e. The van der Waals surface area contributed by atoms with Crippen LogP contribution in [0.25, 0.3) is 0 Å². The van der Waals surface area contributed by atoms with Gasteiger partial charge < -0.3 is 4.90 Å². The molecule has 0 bridgehead atoms. The summed E-state index contributed by atoms with van der Waals surface area (Å²) in [5.41, 5.74) is 1.67. The fraction of sp³-hybridized carbons (Fsp3) is 0.222. The summed E-state index contributed by atoms with van der Waals surface area (Å²) in [5.74, 6) is -0.208. The van der Waals surface area contributed by atoms with Crippen molar-refractivity contribution in [3.05, 3.63) is 69.2 Å². The lowest BCUT2D eigenvalue weighted by atomic mass is 10.0. The number of rotatable bonds is 2. The van der Waals surface area contributed by atoms with Crippen molar-refractivity contribution >= 4 is 29.1 Å². The van der Waals surface area contributed by atoms with Gasteiger partial charge in [0.05, 0.1) is 27.2 Å². The average molecular weight is 343 g/mol. The first kappa shape index (κ1) is 14.6. The minimum atomic E-state index is -0.630. The summed E-state index contributed by atoms with van der Waals surface area (Å²) in [7, 11) is 0. The van der Waals surface area contributed by atoms with Crippen LogP contribution >= 0.6 is 23.2 Å². The Morgan fingerprint density at radius 1 is 1.13 bits per heavy atom. The van der Waals surface area contributed by atoms with E-state index in [0.29, 0.717) is 16.1 Å². The van der Waals surface area contributed by atoms with Crippen molar-refractivity contribution in [2.45, 2.75) is 24.4 Å². The Morgan fingerprint density at radius 2 is 1.83 bits per heavy atom. The molecular formula is C18H12Cl2N2O. The molecular weight excluding hydrogens is 331 g/mol. The fourth-order valence-corrected chi connectivity index (χ4v) is 3.90. The van der Waals surface area contributed by atoms with Crippen LogP contribution in [-0.2, 0) is 5.54 Å². The van der Waals surface area contributed by atoms with Gasteiger partial charge in [-0.15, -0.1) is 0 Å². The van der Waals surface area contributed by atoms with E-state index in [9.17, 15) is 10.1 Å². The maximum atomic E-state index is 13.0. The highest BCUT2D eigenvalue weighted by atomic mass is 35.5. The van der Waals surface area contributed by atoms with Gasteiger partial charge in [0.25, 0.3) is 5.91 Å². The third-order valence-corrected chi connectivity index (χ3v) is 5.53. The molecule has 0 N–H and O–H groups in total. The minimum absolute atomic E-state index is 0.208. The van der Waals surface area contributed by atoms with E-state index in [-0.39, 0.29) is 10.9 Å². The summed E-state index contributed by atoms with van der Waals surface area (Å²) < 4.78 is 0. The molecule has 1 aliphatic carbocycles. The molecule has 1 fully saturated rings. The van der Waals surface area contributed by atoms with E-state index in [2.05, 4.69) is 6.07 Å². The van der Waals surface area contributed by atoms with Crippen LogP contribution < -0.4 is 0 Å². The lowest BCUT2D eigenvalue weighted by molar-refractivity contribution is 0.0636. The van der Waals surface area contributed by atoms with Gasteiger partial charge in [0.2, 0.25) is 0 Å². The predicted molar refractivity (Wildman–Crippen MR) is 88.3 cm³/mol. The van der Waals surface area contributed by atoms with Crippen LogP contribution in [0.3, 0.4) is 0 Å². The molecule has 0 radical (unpaired) electrons. The summed E-state index contributed by atoms with van der Waals surface area (Å²) in [6.45, 7) is 0. The van der Waals surface area contributed by atoms with E-state index in [1.807, 2.05) is 30.3 Å². The van der Waals surface area contributed by atoms with Crippen LogP contribution in [0.5, 0.6) is 0 Å². The number of hydrogen-bond acceptors (Lipinski definition) is 2. The van der Waals surface area contributed by atoms with Gasteiger partial charge in [0, 0.05) is 5.56 Å². The monoisotopic (exact) mass is 342 g/mol. The van der Waals surface area contributed by atoms with Gasteiger partial charge in [0.15, 0.2) is 0 Å². The molecule has 0 spiro atoms. The van der Waals surface area contributed by atoms with Crippen molar-refractivity contribution in [2.75, 3.05) is 0 Å². The Hall–Kier alpha value is -2.02. The summed E-state index contributed by atoms with van der Waals surface area (Å²) >= 11 is 12.3. The van der Waals surface area contributed by atoms with Crippen molar-refractivity contribution in [1.82, 2.24) is 4.90 Å². The summed E-state index contributed by atoms with van der Waals surface area (Å²) in [5, 5.41) is 10.3. The zero-order valence-corrected chi connectivity index (χ0v) is 13.6. The van der Waals surface area contributed by atoms with Gasteiger partial charge in [0.1, 0.15) is 6.04 Å². The van der Waals surface area contributed by atoms with Gasteiger partial charge in [-0.1, -0.05) is 59.6 Å². The van der Waals surface area contributed by atoms with Crippen molar-refractivity contribution in [1.29, 1.82) is 5.26 Å². The van der Waals surface area contributed by atoms with E-state index in [4.69, 9.17) is 23.2 Å². The predicted octanol–water partition coefficient (Wildman–Crippen LogP) is 4.70. The van der Waals surface area contributed by atoms with Crippen molar-refractivity contribution in [3.63, 3.8) is 0 Å². The first-order chi connectivity index (χ1) is 11.1. The maximum absolute atomic E-state index is 13.0. The molecule has 0 aromatic heterocycles. The number of amides is 1. The van der Waals surface area contributed by atoms with Crippen LogP contribution in [0.1, 0.15) is 40.4 Å². The Balaban J connectivity index is 1.87. The second-order valence-corrected chi connectivity index (χ2v) is 6.72. The van der Waals surface area contributed by atoms with Gasteiger partial charge in [-0.3, -0.25) is 4.79 Å². The number of carbonyl (C=O) groups excluding carboxylic acids is 1. The zero-order chi connectivity index (χ0) is 16.2. The maximum Gasteiger partial charge on any atom is 0.257 e. The average Bonchev–Trinajstić information content (AvgIpc) is 3.31. The molecule has 1 aliphatic heterocycles. The molecule has 5 heteroatoms. The standard InChI is InChI=1S/C18H12Cl2N2O/c19-13-7-6-12-14(10-21)22(17(23)15(12)16(13)20)18(8-9-18)11-4-2-1-3-5-11/h1-7,14H,8-9H2.